The third-order valence-electron chi connectivity index (χ3n) is 2.58. The molecule has 1 N–H and O–H groups in total. The topological polar surface area (TPSA) is 64.6 Å². The van der Waals surface area contributed by atoms with Crippen LogP contribution in [0.3, 0.4) is 0 Å². The Morgan fingerprint density at radius 1 is 1.26 bits per heavy atom. The highest BCUT2D eigenvalue weighted by Gasteiger charge is 2.31. The zero-order chi connectivity index (χ0) is 14.3. The van der Waals surface area contributed by atoms with Gasteiger partial charge in [0.2, 0.25) is 5.91 Å². The van der Waals surface area contributed by atoms with E-state index in [1.165, 1.54) is 14.0 Å². The lowest BCUT2D eigenvalue weighted by Gasteiger charge is -2.25. The molecule has 1 amide bonds. The molecule has 0 saturated heterocycles. The van der Waals surface area contributed by atoms with Crippen molar-refractivity contribution in [2.45, 2.75) is 26.0 Å². The highest BCUT2D eigenvalue weighted by Crippen LogP contribution is 2.21. The van der Waals surface area contributed by atoms with Gasteiger partial charge in [-0.2, -0.15) is 0 Å². The molecule has 1 aromatic rings. The molecule has 0 spiro atoms. The van der Waals surface area contributed by atoms with Crippen LogP contribution in [-0.4, -0.2) is 31.6 Å². The van der Waals surface area contributed by atoms with E-state index in [4.69, 9.17) is 9.47 Å². The van der Waals surface area contributed by atoms with E-state index < -0.39 is 18.1 Å². The van der Waals surface area contributed by atoms with Gasteiger partial charge in [0.15, 0.2) is 6.04 Å². The van der Waals surface area contributed by atoms with Gasteiger partial charge in [-0.05, 0) is 12.5 Å². The quantitative estimate of drug-likeness (QED) is 0.790. The molecule has 0 saturated carbocycles. The van der Waals surface area contributed by atoms with Crippen molar-refractivity contribution in [3.63, 3.8) is 0 Å². The first-order valence-corrected chi connectivity index (χ1v) is 6.11. The smallest absolute Gasteiger partial charge is 0.331 e. The molecule has 0 unspecified atom stereocenters. The molecule has 0 aliphatic carbocycles. The molecule has 104 valence electrons. The van der Waals surface area contributed by atoms with Crippen molar-refractivity contribution in [1.82, 2.24) is 5.32 Å². The van der Waals surface area contributed by atoms with E-state index >= 15 is 0 Å². The number of hydrogen-bond acceptors (Lipinski definition) is 4. The number of methoxy groups -OCH3 is 1. The zero-order valence-corrected chi connectivity index (χ0v) is 11.4. The number of ether oxygens (including phenoxy) is 2. The highest BCUT2D eigenvalue weighted by atomic mass is 16.5. The van der Waals surface area contributed by atoms with Crippen LogP contribution >= 0.6 is 0 Å². The summed E-state index contributed by atoms with van der Waals surface area (Å²) in [4.78, 5) is 23.2. The lowest BCUT2D eigenvalue weighted by molar-refractivity contribution is -0.151. The normalized spacial score (nSPS) is 13.4. The van der Waals surface area contributed by atoms with Crippen molar-refractivity contribution in [3.8, 4) is 0 Å². The Morgan fingerprint density at radius 3 is 2.37 bits per heavy atom. The summed E-state index contributed by atoms with van der Waals surface area (Å²) < 4.78 is 10.3. The lowest BCUT2D eigenvalue weighted by Crippen LogP contribution is -2.45. The molecule has 0 aliphatic rings. The Kier molecular flexibility index (Phi) is 6.02. The number of carbonyl (C=O) groups is 2. The van der Waals surface area contributed by atoms with E-state index in [1.807, 2.05) is 30.3 Å². The number of esters is 1. The van der Waals surface area contributed by atoms with E-state index in [0.29, 0.717) is 0 Å². The van der Waals surface area contributed by atoms with Crippen LogP contribution in [0, 0.1) is 0 Å². The first-order chi connectivity index (χ1) is 9.10. The van der Waals surface area contributed by atoms with Crippen LogP contribution in [0.1, 0.15) is 25.5 Å². The van der Waals surface area contributed by atoms with Gasteiger partial charge in [-0.15, -0.1) is 0 Å². The summed E-state index contributed by atoms with van der Waals surface area (Å²) in [6.07, 6.45) is -0.579. The molecule has 1 rings (SSSR count). The molecule has 0 aromatic heterocycles. The SMILES string of the molecule is CCOC(=O)[C@H](NC(C)=O)[C@H](OC)c1ccccc1. The van der Waals surface area contributed by atoms with Crippen LogP contribution in [-0.2, 0) is 19.1 Å². The zero-order valence-electron chi connectivity index (χ0n) is 11.4. The van der Waals surface area contributed by atoms with E-state index in [0.717, 1.165) is 5.56 Å². The van der Waals surface area contributed by atoms with Gasteiger partial charge in [0.1, 0.15) is 6.10 Å². The van der Waals surface area contributed by atoms with Crippen molar-refractivity contribution < 1.29 is 19.1 Å². The van der Waals surface area contributed by atoms with Crippen LogP contribution in [0.5, 0.6) is 0 Å². The van der Waals surface area contributed by atoms with Crippen LogP contribution in [0.25, 0.3) is 0 Å². The fourth-order valence-electron chi connectivity index (χ4n) is 1.82. The first-order valence-electron chi connectivity index (χ1n) is 6.11. The average molecular weight is 265 g/mol. The molecule has 2 atom stereocenters. The summed E-state index contributed by atoms with van der Waals surface area (Å²) in [6.45, 7) is 3.32. The Labute approximate surface area is 112 Å². The molecule has 0 heterocycles. The van der Waals surface area contributed by atoms with Gasteiger partial charge in [0, 0.05) is 14.0 Å². The summed E-state index contributed by atoms with van der Waals surface area (Å²) in [5, 5.41) is 2.58. The summed E-state index contributed by atoms with van der Waals surface area (Å²) >= 11 is 0. The standard InChI is InChI=1S/C14H19NO4/c1-4-19-14(17)12(15-10(2)16)13(18-3)11-8-6-5-7-9-11/h5-9,12-13H,4H2,1-3H3,(H,15,16)/t12-,13-/m1/s1. The molecule has 0 aliphatic heterocycles. The van der Waals surface area contributed by atoms with Crippen molar-refractivity contribution in [1.29, 1.82) is 0 Å². The third-order valence-corrected chi connectivity index (χ3v) is 2.58. The predicted molar refractivity (Wildman–Crippen MR) is 70.4 cm³/mol. The molecular weight excluding hydrogens is 246 g/mol. The summed E-state index contributed by atoms with van der Waals surface area (Å²) in [5.74, 6) is -0.815. The van der Waals surface area contributed by atoms with Crippen molar-refractivity contribution in [2.75, 3.05) is 13.7 Å². The van der Waals surface area contributed by atoms with Gasteiger partial charge < -0.3 is 14.8 Å². The number of nitrogens with one attached hydrogen (secondary N) is 1. The van der Waals surface area contributed by atoms with Crippen molar-refractivity contribution in [3.05, 3.63) is 35.9 Å². The van der Waals surface area contributed by atoms with Crippen LogP contribution < -0.4 is 5.32 Å². The number of carbonyl (C=O) groups excluding carboxylic acids is 2. The minimum absolute atomic E-state index is 0.250. The Hall–Kier alpha value is -1.88. The first kappa shape index (κ1) is 15.2. The van der Waals surface area contributed by atoms with Gasteiger partial charge in [-0.1, -0.05) is 30.3 Å². The van der Waals surface area contributed by atoms with Gasteiger partial charge in [-0.25, -0.2) is 4.79 Å². The monoisotopic (exact) mass is 265 g/mol. The molecule has 0 fully saturated rings. The molecule has 0 bridgehead atoms. The fraction of sp³-hybridized carbons (Fsp3) is 0.429. The summed E-state index contributed by atoms with van der Waals surface area (Å²) in [7, 11) is 1.49. The molecular formula is C14H19NO4. The Morgan fingerprint density at radius 2 is 1.89 bits per heavy atom. The van der Waals surface area contributed by atoms with E-state index in [-0.39, 0.29) is 12.5 Å². The number of rotatable bonds is 6. The largest absolute Gasteiger partial charge is 0.464 e. The van der Waals surface area contributed by atoms with Gasteiger partial charge in [0.25, 0.3) is 0 Å². The van der Waals surface area contributed by atoms with Crippen LogP contribution in [0.15, 0.2) is 30.3 Å². The van der Waals surface area contributed by atoms with Gasteiger partial charge >= 0.3 is 5.97 Å². The average Bonchev–Trinajstić information content (AvgIpc) is 2.39. The summed E-state index contributed by atoms with van der Waals surface area (Å²) in [5.41, 5.74) is 0.803. The Bertz CT molecular complexity index is 419. The predicted octanol–water partition coefficient (Wildman–Crippen LogP) is 1.44. The number of amides is 1. The van der Waals surface area contributed by atoms with Crippen molar-refractivity contribution >= 4 is 11.9 Å². The van der Waals surface area contributed by atoms with Crippen LogP contribution in [0.2, 0.25) is 0 Å². The second kappa shape index (κ2) is 7.53. The van der Waals surface area contributed by atoms with E-state index in [9.17, 15) is 9.59 Å². The van der Waals surface area contributed by atoms with E-state index in [1.54, 1.807) is 6.92 Å². The molecule has 5 heteroatoms. The molecule has 5 nitrogen and oxygen atoms in total. The maximum atomic E-state index is 11.9. The highest BCUT2D eigenvalue weighted by molar-refractivity contribution is 5.84. The fourth-order valence-corrected chi connectivity index (χ4v) is 1.82. The second-order valence-corrected chi connectivity index (χ2v) is 4.00. The minimum atomic E-state index is -0.857. The number of benzene rings is 1. The maximum absolute atomic E-state index is 11.9. The maximum Gasteiger partial charge on any atom is 0.331 e. The van der Waals surface area contributed by atoms with Gasteiger partial charge in [0.05, 0.1) is 6.61 Å². The second-order valence-electron chi connectivity index (χ2n) is 4.00. The molecule has 0 radical (unpaired) electrons. The van der Waals surface area contributed by atoms with Gasteiger partial charge in [-0.3, -0.25) is 4.79 Å². The summed E-state index contributed by atoms with van der Waals surface area (Å²) in [6, 6.07) is 8.37. The van der Waals surface area contributed by atoms with Crippen LogP contribution in [0.4, 0.5) is 0 Å². The molecule has 1 aromatic carbocycles. The third kappa shape index (κ3) is 4.37. The number of hydrogen-bond donors (Lipinski definition) is 1. The Balaban J connectivity index is 2.99. The lowest BCUT2D eigenvalue weighted by atomic mass is 10.0. The van der Waals surface area contributed by atoms with Crippen molar-refractivity contribution in [2.24, 2.45) is 0 Å². The minimum Gasteiger partial charge on any atom is -0.464 e. The molecule has 19 heavy (non-hydrogen) atoms. The van der Waals surface area contributed by atoms with E-state index in [2.05, 4.69) is 5.32 Å².